The fourth-order valence-electron chi connectivity index (χ4n) is 3.23. The number of halogens is 1. The Labute approximate surface area is 172 Å². The fourth-order valence-corrected chi connectivity index (χ4v) is 4.19. The van der Waals surface area contributed by atoms with Crippen molar-refractivity contribution < 1.29 is 9.59 Å². The van der Waals surface area contributed by atoms with Crippen LogP contribution in [0.2, 0.25) is 5.02 Å². The zero-order chi connectivity index (χ0) is 19.8. The van der Waals surface area contributed by atoms with E-state index >= 15 is 0 Å². The molecule has 0 fully saturated rings. The van der Waals surface area contributed by atoms with Gasteiger partial charge in [0.2, 0.25) is 0 Å². The average Bonchev–Trinajstić information content (AvgIpc) is 3.24. The number of hydrogen-bond donors (Lipinski definition) is 1. The lowest BCUT2D eigenvalue weighted by molar-refractivity contribution is -0.120. The topological polar surface area (TPSA) is 49.4 Å². The van der Waals surface area contributed by atoms with Crippen LogP contribution in [0.4, 0.5) is 11.4 Å². The lowest BCUT2D eigenvalue weighted by Crippen LogP contribution is -2.32. The second-order valence-corrected chi connectivity index (χ2v) is 7.98. The minimum Gasteiger partial charge on any atom is -0.350 e. The predicted octanol–water partition coefficient (Wildman–Crippen LogP) is 5.41. The number of carbonyl (C=O) groups is 2. The number of rotatable bonds is 4. The molecule has 0 atom stereocenters. The molecule has 0 radical (unpaired) electrons. The number of benzene rings is 2. The van der Waals surface area contributed by atoms with Crippen LogP contribution in [0, 0.1) is 13.8 Å². The first-order chi connectivity index (χ1) is 13.5. The van der Waals surface area contributed by atoms with Gasteiger partial charge in [-0.1, -0.05) is 41.4 Å². The van der Waals surface area contributed by atoms with Crippen molar-refractivity contribution in [2.45, 2.75) is 13.8 Å². The van der Waals surface area contributed by atoms with Crippen LogP contribution in [0.25, 0.3) is 5.57 Å². The molecule has 0 saturated heterocycles. The van der Waals surface area contributed by atoms with Crippen LogP contribution < -0.4 is 10.2 Å². The summed E-state index contributed by atoms with van der Waals surface area (Å²) in [6.45, 7) is 3.98. The van der Waals surface area contributed by atoms with E-state index in [1.54, 1.807) is 24.3 Å². The third kappa shape index (κ3) is 3.23. The molecule has 0 aliphatic carbocycles. The van der Waals surface area contributed by atoms with E-state index in [0.717, 1.165) is 21.7 Å². The lowest BCUT2D eigenvalue weighted by Gasteiger charge is -2.16. The molecule has 140 valence electrons. The number of anilines is 2. The molecular formula is C22H17ClN2O2S. The number of amides is 2. The van der Waals surface area contributed by atoms with Gasteiger partial charge < -0.3 is 5.32 Å². The number of imide groups is 1. The number of aryl methyl sites for hydroxylation is 2. The van der Waals surface area contributed by atoms with Gasteiger partial charge in [0, 0.05) is 15.6 Å². The molecule has 1 N–H and O–H groups in total. The number of carbonyl (C=O) groups excluding carboxylic acids is 2. The van der Waals surface area contributed by atoms with Crippen LogP contribution in [-0.4, -0.2) is 11.8 Å². The average molecular weight is 409 g/mol. The van der Waals surface area contributed by atoms with E-state index in [-0.39, 0.29) is 11.6 Å². The van der Waals surface area contributed by atoms with Crippen molar-refractivity contribution >= 4 is 51.7 Å². The van der Waals surface area contributed by atoms with Crippen LogP contribution in [0.1, 0.15) is 16.0 Å². The fraction of sp³-hybridized carbons (Fsp3) is 0.0909. The largest absolute Gasteiger partial charge is 0.350 e. The summed E-state index contributed by atoms with van der Waals surface area (Å²) in [4.78, 5) is 28.4. The second-order valence-electron chi connectivity index (χ2n) is 6.60. The number of thiophene rings is 1. The molecule has 2 heterocycles. The SMILES string of the molecule is Cc1ccc(NC2=C(c3cccs3)C(=O)N(c3cccc(Cl)c3)C2=O)c(C)c1. The molecular weight excluding hydrogens is 392 g/mol. The van der Waals surface area contributed by atoms with E-state index in [4.69, 9.17) is 11.6 Å². The lowest BCUT2D eigenvalue weighted by atomic mass is 10.1. The van der Waals surface area contributed by atoms with Gasteiger partial charge >= 0.3 is 0 Å². The maximum absolute atomic E-state index is 13.3. The van der Waals surface area contributed by atoms with E-state index < -0.39 is 5.91 Å². The van der Waals surface area contributed by atoms with Crippen LogP contribution in [0.3, 0.4) is 0 Å². The molecule has 1 aliphatic rings. The molecule has 0 saturated carbocycles. The summed E-state index contributed by atoms with van der Waals surface area (Å²) >= 11 is 7.50. The van der Waals surface area contributed by atoms with Gasteiger partial charge in [-0.3, -0.25) is 9.59 Å². The highest BCUT2D eigenvalue weighted by Gasteiger charge is 2.40. The van der Waals surface area contributed by atoms with E-state index in [1.807, 2.05) is 49.6 Å². The molecule has 0 bridgehead atoms. The van der Waals surface area contributed by atoms with Crippen molar-refractivity contribution in [1.82, 2.24) is 0 Å². The summed E-state index contributed by atoms with van der Waals surface area (Å²) in [6, 6.07) is 16.4. The van der Waals surface area contributed by atoms with E-state index in [9.17, 15) is 9.59 Å². The van der Waals surface area contributed by atoms with Crippen molar-refractivity contribution in [3.63, 3.8) is 0 Å². The Kier molecular flexibility index (Phi) is 4.79. The molecule has 4 nitrogen and oxygen atoms in total. The zero-order valence-corrected chi connectivity index (χ0v) is 16.9. The number of nitrogens with one attached hydrogen (secondary N) is 1. The highest BCUT2D eigenvalue weighted by atomic mass is 35.5. The molecule has 1 aliphatic heterocycles. The Balaban J connectivity index is 1.82. The van der Waals surface area contributed by atoms with Gasteiger partial charge in [-0.25, -0.2) is 4.90 Å². The Bertz CT molecular complexity index is 1120. The predicted molar refractivity (Wildman–Crippen MR) is 115 cm³/mol. The van der Waals surface area contributed by atoms with Crippen molar-refractivity contribution in [2.24, 2.45) is 0 Å². The quantitative estimate of drug-likeness (QED) is 0.587. The summed E-state index contributed by atoms with van der Waals surface area (Å²) in [5.74, 6) is -0.752. The Hall–Kier alpha value is -2.89. The molecule has 3 aromatic rings. The summed E-state index contributed by atoms with van der Waals surface area (Å²) in [7, 11) is 0. The van der Waals surface area contributed by atoms with Gasteiger partial charge in [0.05, 0.1) is 11.3 Å². The first-order valence-corrected chi connectivity index (χ1v) is 9.98. The molecule has 4 rings (SSSR count). The van der Waals surface area contributed by atoms with Crippen LogP contribution in [0.15, 0.2) is 65.7 Å². The third-order valence-electron chi connectivity index (χ3n) is 4.56. The minimum atomic E-state index is -0.393. The summed E-state index contributed by atoms with van der Waals surface area (Å²) in [5.41, 5.74) is 4.03. The maximum atomic E-state index is 13.3. The highest BCUT2D eigenvalue weighted by molar-refractivity contribution is 7.11. The van der Waals surface area contributed by atoms with Gasteiger partial charge in [0.25, 0.3) is 11.8 Å². The smallest absolute Gasteiger partial charge is 0.282 e. The van der Waals surface area contributed by atoms with Gasteiger partial charge in [-0.05, 0) is 55.1 Å². The molecule has 6 heteroatoms. The van der Waals surface area contributed by atoms with Crippen molar-refractivity contribution in [3.8, 4) is 0 Å². The number of nitrogens with zero attached hydrogens (tertiary/aromatic N) is 1. The van der Waals surface area contributed by atoms with E-state index in [0.29, 0.717) is 16.3 Å². The molecule has 0 unspecified atom stereocenters. The Morgan fingerprint density at radius 2 is 1.79 bits per heavy atom. The van der Waals surface area contributed by atoms with Crippen molar-refractivity contribution in [2.75, 3.05) is 10.2 Å². The highest BCUT2D eigenvalue weighted by Crippen LogP contribution is 2.36. The third-order valence-corrected chi connectivity index (χ3v) is 5.68. The molecule has 2 amide bonds. The summed E-state index contributed by atoms with van der Waals surface area (Å²) < 4.78 is 0. The maximum Gasteiger partial charge on any atom is 0.282 e. The first kappa shape index (κ1) is 18.5. The summed E-state index contributed by atoms with van der Waals surface area (Å²) in [6.07, 6.45) is 0. The summed E-state index contributed by atoms with van der Waals surface area (Å²) in [5, 5.41) is 5.56. The first-order valence-electron chi connectivity index (χ1n) is 8.72. The van der Waals surface area contributed by atoms with E-state index in [2.05, 4.69) is 5.32 Å². The standard InChI is InChI=1S/C22H17ClN2O2S/c1-13-8-9-17(14(2)11-13)24-20-19(18-7-4-10-28-18)21(26)25(22(20)27)16-6-3-5-15(23)12-16/h3-12,24H,1-2H3. The minimum absolute atomic E-state index is 0.277. The number of hydrogen-bond acceptors (Lipinski definition) is 4. The molecule has 1 aromatic heterocycles. The molecule has 2 aromatic carbocycles. The van der Waals surface area contributed by atoms with Crippen LogP contribution in [0.5, 0.6) is 0 Å². The Morgan fingerprint density at radius 1 is 0.964 bits per heavy atom. The van der Waals surface area contributed by atoms with Gasteiger partial charge in [-0.15, -0.1) is 11.3 Å². The van der Waals surface area contributed by atoms with Crippen LogP contribution in [-0.2, 0) is 9.59 Å². The zero-order valence-electron chi connectivity index (χ0n) is 15.3. The second kappa shape index (κ2) is 7.26. The molecule has 28 heavy (non-hydrogen) atoms. The van der Waals surface area contributed by atoms with Crippen molar-refractivity contribution in [3.05, 3.63) is 86.7 Å². The monoisotopic (exact) mass is 408 g/mol. The normalized spacial score (nSPS) is 14.2. The van der Waals surface area contributed by atoms with Crippen LogP contribution >= 0.6 is 22.9 Å². The van der Waals surface area contributed by atoms with Gasteiger partial charge in [0.15, 0.2) is 0 Å². The molecule has 0 spiro atoms. The van der Waals surface area contributed by atoms with Gasteiger partial charge in [0.1, 0.15) is 5.70 Å². The Morgan fingerprint density at radius 3 is 2.46 bits per heavy atom. The van der Waals surface area contributed by atoms with Gasteiger partial charge in [-0.2, -0.15) is 0 Å². The van der Waals surface area contributed by atoms with Crippen molar-refractivity contribution in [1.29, 1.82) is 0 Å². The van der Waals surface area contributed by atoms with E-state index in [1.165, 1.54) is 16.2 Å².